The summed E-state index contributed by atoms with van der Waals surface area (Å²) in [6.07, 6.45) is 4.03. The first-order valence-corrected chi connectivity index (χ1v) is 6.81. The van der Waals surface area contributed by atoms with Crippen LogP contribution in [0.5, 0.6) is 0 Å². The van der Waals surface area contributed by atoms with Crippen LogP contribution in [0.15, 0.2) is 18.2 Å². The maximum absolute atomic E-state index is 11.1. The smallest absolute Gasteiger partial charge is 0.310 e. The van der Waals surface area contributed by atoms with E-state index in [4.69, 9.17) is 11.6 Å². The number of nitro groups is 1. The Kier molecular flexibility index (Phi) is 4.61. The lowest BCUT2D eigenvalue weighted by Gasteiger charge is -2.31. The molecule has 5 nitrogen and oxygen atoms in total. The monoisotopic (exact) mass is 284 g/mol. The Bertz CT molecular complexity index is 467. The number of nitrogens with zero attached hydrogens (tertiary/aromatic N) is 1. The van der Waals surface area contributed by atoms with Crippen LogP contribution in [0.25, 0.3) is 0 Å². The molecule has 1 saturated carbocycles. The summed E-state index contributed by atoms with van der Waals surface area (Å²) in [6.45, 7) is 0.103. The van der Waals surface area contributed by atoms with E-state index in [2.05, 4.69) is 5.32 Å². The van der Waals surface area contributed by atoms with Crippen molar-refractivity contribution < 1.29 is 10.0 Å². The molecule has 2 N–H and O–H groups in total. The van der Waals surface area contributed by atoms with E-state index < -0.39 is 4.92 Å². The van der Waals surface area contributed by atoms with Gasteiger partial charge in [-0.2, -0.15) is 0 Å². The third kappa shape index (κ3) is 3.16. The molecule has 2 unspecified atom stereocenters. The number of hydrogen-bond donors (Lipinski definition) is 2. The van der Waals surface area contributed by atoms with E-state index in [0.29, 0.717) is 5.69 Å². The number of aliphatic hydroxyl groups excluding tert-OH is 1. The van der Waals surface area contributed by atoms with Crippen molar-refractivity contribution in [3.63, 3.8) is 0 Å². The van der Waals surface area contributed by atoms with Crippen molar-refractivity contribution in [2.45, 2.75) is 31.7 Å². The van der Waals surface area contributed by atoms with Gasteiger partial charge in [-0.05, 0) is 25.0 Å². The van der Waals surface area contributed by atoms with Gasteiger partial charge < -0.3 is 10.4 Å². The zero-order chi connectivity index (χ0) is 13.8. The van der Waals surface area contributed by atoms with Crippen molar-refractivity contribution in [2.75, 3.05) is 11.9 Å². The van der Waals surface area contributed by atoms with Gasteiger partial charge in [-0.3, -0.25) is 10.1 Å². The summed E-state index contributed by atoms with van der Waals surface area (Å²) in [5.41, 5.74) is 0.342. The molecule has 0 bridgehead atoms. The Morgan fingerprint density at radius 3 is 2.84 bits per heavy atom. The van der Waals surface area contributed by atoms with Crippen molar-refractivity contribution in [1.82, 2.24) is 0 Å². The lowest BCUT2D eigenvalue weighted by Crippen LogP contribution is -2.34. The van der Waals surface area contributed by atoms with Crippen LogP contribution in [0, 0.1) is 16.0 Å². The minimum absolute atomic E-state index is 0.0657. The van der Waals surface area contributed by atoms with Crippen molar-refractivity contribution in [3.8, 4) is 0 Å². The number of rotatable bonds is 4. The summed E-state index contributed by atoms with van der Waals surface area (Å²) in [6, 6.07) is 4.92. The molecule has 1 aliphatic rings. The van der Waals surface area contributed by atoms with Crippen LogP contribution >= 0.6 is 11.6 Å². The molecular weight excluding hydrogens is 268 g/mol. The zero-order valence-electron chi connectivity index (χ0n) is 10.5. The molecule has 0 heterocycles. The Morgan fingerprint density at radius 2 is 2.16 bits per heavy atom. The lowest BCUT2D eigenvalue weighted by atomic mass is 9.85. The molecule has 0 aromatic heterocycles. The second-order valence-electron chi connectivity index (χ2n) is 4.87. The van der Waals surface area contributed by atoms with Crippen molar-refractivity contribution in [3.05, 3.63) is 33.3 Å². The number of anilines is 1. The van der Waals surface area contributed by atoms with E-state index >= 15 is 0 Å². The highest BCUT2D eigenvalue weighted by molar-refractivity contribution is 6.33. The molecule has 2 rings (SSSR count). The number of nitro benzene ring substituents is 1. The number of halogens is 1. The average molecular weight is 285 g/mol. The maximum atomic E-state index is 11.1. The van der Waals surface area contributed by atoms with Gasteiger partial charge in [0.05, 0.1) is 4.92 Å². The normalized spacial score (nSPS) is 23.1. The van der Waals surface area contributed by atoms with Gasteiger partial charge in [0.2, 0.25) is 0 Å². The highest BCUT2D eigenvalue weighted by Gasteiger charge is 2.27. The molecule has 0 saturated heterocycles. The fourth-order valence-electron chi connectivity index (χ4n) is 2.63. The average Bonchev–Trinajstić information content (AvgIpc) is 2.39. The second-order valence-corrected chi connectivity index (χ2v) is 5.28. The Labute approximate surface area is 116 Å². The fourth-order valence-corrected chi connectivity index (χ4v) is 2.88. The predicted octanol–water partition coefficient (Wildman–Crippen LogP) is 3.21. The number of hydrogen-bond acceptors (Lipinski definition) is 4. The first-order chi connectivity index (χ1) is 9.13. The quantitative estimate of drug-likeness (QED) is 0.657. The fraction of sp³-hybridized carbons (Fsp3) is 0.538. The van der Waals surface area contributed by atoms with Crippen molar-refractivity contribution >= 4 is 23.0 Å². The topological polar surface area (TPSA) is 75.4 Å². The van der Waals surface area contributed by atoms with Crippen LogP contribution in [0.1, 0.15) is 25.7 Å². The molecule has 1 fully saturated rings. The minimum atomic E-state index is -0.471. The van der Waals surface area contributed by atoms with Gasteiger partial charge in [-0.1, -0.05) is 30.5 Å². The highest BCUT2D eigenvalue weighted by atomic mass is 35.5. The third-order valence-corrected chi connectivity index (χ3v) is 3.96. The van der Waals surface area contributed by atoms with Gasteiger partial charge in [0.15, 0.2) is 0 Å². The number of para-hydroxylation sites is 1. The highest BCUT2D eigenvalue weighted by Crippen LogP contribution is 2.35. The Balaban J connectivity index is 2.22. The van der Waals surface area contributed by atoms with Crippen LogP contribution in [0.4, 0.5) is 11.4 Å². The van der Waals surface area contributed by atoms with Gasteiger partial charge in [0, 0.05) is 18.6 Å². The Morgan fingerprint density at radius 1 is 1.42 bits per heavy atom. The first-order valence-electron chi connectivity index (χ1n) is 6.43. The summed E-state index contributed by atoms with van der Waals surface area (Å²) in [5.74, 6) is 0.146. The van der Waals surface area contributed by atoms with Gasteiger partial charge in [-0.15, -0.1) is 0 Å². The van der Waals surface area contributed by atoms with Gasteiger partial charge in [0.25, 0.3) is 0 Å². The first kappa shape index (κ1) is 14.1. The molecule has 0 radical (unpaired) electrons. The molecule has 19 heavy (non-hydrogen) atoms. The van der Waals surface area contributed by atoms with Crippen LogP contribution in [-0.2, 0) is 0 Å². The molecule has 1 aromatic carbocycles. The van der Waals surface area contributed by atoms with E-state index in [-0.39, 0.29) is 29.3 Å². The molecular formula is C13H17ClN2O3. The van der Waals surface area contributed by atoms with E-state index in [1.165, 1.54) is 6.07 Å². The van der Waals surface area contributed by atoms with Crippen molar-refractivity contribution in [1.29, 1.82) is 0 Å². The predicted molar refractivity (Wildman–Crippen MR) is 74.6 cm³/mol. The molecule has 0 aliphatic heterocycles. The Hall–Kier alpha value is -1.33. The van der Waals surface area contributed by atoms with Crippen LogP contribution < -0.4 is 5.32 Å². The SMILES string of the molecule is O=[N+]([O-])c1c(Cl)cccc1NC1CCCCC1CO. The van der Waals surface area contributed by atoms with Crippen LogP contribution in [-0.4, -0.2) is 22.7 Å². The van der Waals surface area contributed by atoms with Gasteiger partial charge >= 0.3 is 5.69 Å². The zero-order valence-corrected chi connectivity index (χ0v) is 11.3. The summed E-state index contributed by atoms with van der Waals surface area (Å²) < 4.78 is 0. The number of nitrogens with one attached hydrogen (secondary N) is 1. The molecule has 0 spiro atoms. The van der Waals surface area contributed by atoms with Crippen LogP contribution in [0.2, 0.25) is 5.02 Å². The third-order valence-electron chi connectivity index (χ3n) is 3.65. The van der Waals surface area contributed by atoms with E-state index in [0.717, 1.165) is 25.7 Å². The van der Waals surface area contributed by atoms with E-state index in [9.17, 15) is 15.2 Å². The molecule has 1 aliphatic carbocycles. The summed E-state index contributed by atoms with van der Waals surface area (Å²) in [5, 5.41) is 23.8. The van der Waals surface area contributed by atoms with Crippen LogP contribution in [0.3, 0.4) is 0 Å². The largest absolute Gasteiger partial charge is 0.396 e. The molecule has 1 aromatic rings. The van der Waals surface area contributed by atoms with Gasteiger partial charge in [-0.25, -0.2) is 0 Å². The summed E-state index contributed by atoms with van der Waals surface area (Å²) in [4.78, 5) is 10.6. The van der Waals surface area contributed by atoms with Crippen molar-refractivity contribution in [2.24, 2.45) is 5.92 Å². The lowest BCUT2D eigenvalue weighted by molar-refractivity contribution is -0.383. The minimum Gasteiger partial charge on any atom is -0.396 e. The van der Waals surface area contributed by atoms with Gasteiger partial charge in [0.1, 0.15) is 10.7 Å². The summed E-state index contributed by atoms with van der Waals surface area (Å²) in [7, 11) is 0. The second kappa shape index (κ2) is 6.21. The number of benzene rings is 1. The standard InChI is InChI=1S/C13H17ClN2O3/c14-10-5-3-7-12(13(10)16(18)19)15-11-6-2-1-4-9(11)8-17/h3,5,7,9,11,15,17H,1-2,4,6,8H2. The molecule has 2 atom stereocenters. The van der Waals surface area contributed by atoms with E-state index in [1.807, 2.05) is 0 Å². The molecule has 6 heteroatoms. The van der Waals surface area contributed by atoms with E-state index in [1.54, 1.807) is 12.1 Å². The number of aliphatic hydroxyl groups is 1. The molecule has 0 amide bonds. The maximum Gasteiger partial charge on any atom is 0.310 e. The molecule has 104 valence electrons. The summed E-state index contributed by atoms with van der Waals surface area (Å²) >= 11 is 5.88.